The van der Waals surface area contributed by atoms with Gasteiger partial charge in [0, 0.05) is 22.2 Å². The van der Waals surface area contributed by atoms with E-state index in [1.165, 1.54) is 13.2 Å². The summed E-state index contributed by atoms with van der Waals surface area (Å²) in [5.41, 5.74) is 1.04. The highest BCUT2D eigenvalue weighted by Gasteiger charge is 2.27. The van der Waals surface area contributed by atoms with Crippen molar-refractivity contribution in [3.8, 4) is 0 Å². The number of nitrogens with one attached hydrogen (secondary N) is 1. The number of rotatable bonds is 4. The van der Waals surface area contributed by atoms with E-state index >= 15 is 0 Å². The van der Waals surface area contributed by atoms with Crippen LogP contribution in [-0.4, -0.2) is 23.0 Å². The van der Waals surface area contributed by atoms with E-state index in [0.29, 0.717) is 26.3 Å². The molecule has 0 saturated carbocycles. The van der Waals surface area contributed by atoms with Gasteiger partial charge in [0.2, 0.25) is 0 Å². The van der Waals surface area contributed by atoms with Gasteiger partial charge in [-0.3, -0.25) is 4.79 Å². The zero-order valence-electron chi connectivity index (χ0n) is 12.6. The number of H-pyrrole nitrogens is 1. The Labute approximate surface area is 155 Å². The molecule has 2 aromatic carbocycles. The maximum atomic E-state index is 13.3. The first-order valence-corrected chi connectivity index (χ1v) is 8.57. The summed E-state index contributed by atoms with van der Waals surface area (Å²) < 4.78 is 31.5. The lowest BCUT2D eigenvalue weighted by atomic mass is 10.1. The van der Waals surface area contributed by atoms with Gasteiger partial charge in [-0.1, -0.05) is 41.0 Å². The predicted molar refractivity (Wildman–Crippen MR) is 93.1 cm³/mol. The van der Waals surface area contributed by atoms with E-state index in [9.17, 15) is 13.6 Å². The summed E-state index contributed by atoms with van der Waals surface area (Å²) in [7, 11) is 1.25. The topological polar surface area (TPSA) is 55.0 Å². The highest BCUT2D eigenvalue weighted by molar-refractivity contribution is 8.00. The van der Waals surface area contributed by atoms with Crippen LogP contribution in [0.15, 0.2) is 35.5 Å². The van der Waals surface area contributed by atoms with E-state index in [4.69, 9.17) is 27.9 Å². The third kappa shape index (κ3) is 3.73. The molecular weight excluding hydrogens is 393 g/mol. The van der Waals surface area contributed by atoms with Gasteiger partial charge in [-0.05, 0) is 17.7 Å². The first-order chi connectivity index (χ1) is 11.9. The van der Waals surface area contributed by atoms with Gasteiger partial charge >= 0.3 is 5.97 Å². The van der Waals surface area contributed by atoms with Crippen LogP contribution in [0, 0.1) is 11.6 Å². The Morgan fingerprint density at radius 1 is 1.24 bits per heavy atom. The molecule has 3 rings (SSSR count). The van der Waals surface area contributed by atoms with Gasteiger partial charge in [-0.25, -0.2) is 13.8 Å². The Balaban J connectivity index is 1.99. The normalized spacial score (nSPS) is 12.4. The quantitative estimate of drug-likeness (QED) is 0.483. The largest absolute Gasteiger partial charge is 0.468 e. The number of esters is 1. The van der Waals surface area contributed by atoms with Crippen molar-refractivity contribution >= 4 is 52.0 Å². The predicted octanol–water partition coefficient (Wildman–Crippen LogP) is 5.15. The Hall–Kier alpha value is -1.83. The number of aromatic nitrogens is 2. The summed E-state index contributed by atoms with van der Waals surface area (Å²) in [6.45, 7) is 0. The molecule has 1 N–H and O–H groups in total. The maximum absolute atomic E-state index is 13.3. The van der Waals surface area contributed by atoms with Gasteiger partial charge in [-0.2, -0.15) is 0 Å². The maximum Gasteiger partial charge on any atom is 0.323 e. The van der Waals surface area contributed by atoms with Gasteiger partial charge in [0.05, 0.1) is 18.1 Å². The molecule has 4 nitrogen and oxygen atoms in total. The van der Waals surface area contributed by atoms with Crippen LogP contribution in [0.4, 0.5) is 8.78 Å². The molecule has 0 aliphatic heterocycles. The minimum atomic E-state index is -0.999. The third-order valence-corrected chi connectivity index (χ3v) is 5.05. The van der Waals surface area contributed by atoms with Crippen LogP contribution in [0.25, 0.3) is 11.0 Å². The lowest BCUT2D eigenvalue weighted by Crippen LogP contribution is -2.12. The second-order valence-corrected chi connectivity index (χ2v) is 6.95. The van der Waals surface area contributed by atoms with Gasteiger partial charge < -0.3 is 9.72 Å². The molecular formula is C16H10Cl2F2N2O2S. The zero-order valence-corrected chi connectivity index (χ0v) is 15.0. The highest BCUT2D eigenvalue weighted by Crippen LogP contribution is 2.39. The van der Waals surface area contributed by atoms with Crippen molar-refractivity contribution in [2.45, 2.75) is 10.4 Å². The Morgan fingerprint density at radius 3 is 2.64 bits per heavy atom. The molecule has 25 heavy (non-hydrogen) atoms. The number of fused-ring (bicyclic) bond motifs is 1. The van der Waals surface area contributed by atoms with Crippen LogP contribution in [0.2, 0.25) is 10.0 Å². The number of hydrogen-bond donors (Lipinski definition) is 1. The van der Waals surface area contributed by atoms with E-state index < -0.39 is 22.9 Å². The number of nitrogens with zero attached hydrogens (tertiary/aromatic N) is 1. The average molecular weight is 403 g/mol. The zero-order chi connectivity index (χ0) is 18.1. The number of imidazole rings is 1. The molecule has 1 aromatic heterocycles. The molecule has 1 atom stereocenters. The fourth-order valence-electron chi connectivity index (χ4n) is 2.21. The molecule has 0 fully saturated rings. The van der Waals surface area contributed by atoms with E-state index in [1.807, 2.05) is 0 Å². The van der Waals surface area contributed by atoms with Crippen molar-refractivity contribution in [2.24, 2.45) is 0 Å². The van der Waals surface area contributed by atoms with E-state index in [2.05, 4.69) is 9.97 Å². The first-order valence-electron chi connectivity index (χ1n) is 6.93. The molecule has 0 bridgehead atoms. The second kappa shape index (κ2) is 7.19. The monoisotopic (exact) mass is 402 g/mol. The van der Waals surface area contributed by atoms with Crippen molar-refractivity contribution in [3.63, 3.8) is 0 Å². The number of methoxy groups -OCH3 is 1. The Kier molecular flexibility index (Phi) is 5.17. The molecule has 0 amide bonds. The number of aromatic amines is 1. The van der Waals surface area contributed by atoms with Crippen LogP contribution in [0.5, 0.6) is 0 Å². The van der Waals surface area contributed by atoms with E-state index in [1.54, 1.807) is 12.1 Å². The van der Waals surface area contributed by atoms with Gasteiger partial charge in [0.25, 0.3) is 0 Å². The molecule has 0 aliphatic rings. The number of thioether (sulfide) groups is 1. The fraction of sp³-hybridized carbons (Fsp3) is 0.125. The third-order valence-electron chi connectivity index (χ3n) is 3.39. The minimum Gasteiger partial charge on any atom is -0.468 e. The summed E-state index contributed by atoms with van der Waals surface area (Å²) in [6.07, 6.45) is 0. The van der Waals surface area contributed by atoms with Crippen LogP contribution in [0.1, 0.15) is 10.8 Å². The molecule has 130 valence electrons. The molecule has 0 radical (unpaired) electrons. The lowest BCUT2D eigenvalue weighted by Gasteiger charge is -2.14. The first kappa shape index (κ1) is 18.0. The molecule has 1 unspecified atom stereocenters. The van der Waals surface area contributed by atoms with Crippen molar-refractivity contribution in [1.82, 2.24) is 9.97 Å². The number of benzene rings is 2. The van der Waals surface area contributed by atoms with Crippen LogP contribution in [-0.2, 0) is 9.53 Å². The number of carbonyl (C=O) groups is 1. The van der Waals surface area contributed by atoms with Crippen molar-refractivity contribution < 1.29 is 18.3 Å². The standard InChI is InChI=1S/C16H10Cl2F2N2O2S/c1-24-15(23)14(8-3-2-7(17)4-9(8)18)25-16-21-12-5-10(19)11(20)6-13(12)22-16/h2-6,14H,1H3,(H,21,22). The minimum absolute atomic E-state index is 0.243. The second-order valence-electron chi connectivity index (χ2n) is 5.01. The molecule has 0 aliphatic carbocycles. The Bertz CT molecular complexity index is 926. The molecule has 0 saturated heterocycles. The number of carbonyl (C=O) groups excluding carboxylic acids is 1. The summed E-state index contributed by atoms with van der Waals surface area (Å²) in [6, 6.07) is 6.71. The van der Waals surface area contributed by atoms with Crippen molar-refractivity contribution in [3.05, 3.63) is 57.6 Å². The van der Waals surface area contributed by atoms with Crippen LogP contribution in [0.3, 0.4) is 0 Å². The summed E-state index contributed by atoms with van der Waals surface area (Å²) in [5.74, 6) is -2.54. The number of ether oxygens (including phenoxy) is 1. The highest BCUT2D eigenvalue weighted by atomic mass is 35.5. The number of halogens is 4. The van der Waals surface area contributed by atoms with Gasteiger partial charge in [0.15, 0.2) is 16.8 Å². The Morgan fingerprint density at radius 2 is 1.96 bits per heavy atom. The number of hydrogen-bond acceptors (Lipinski definition) is 4. The molecule has 3 aromatic rings. The van der Waals surface area contributed by atoms with Gasteiger partial charge in [0.1, 0.15) is 5.25 Å². The summed E-state index contributed by atoms with van der Waals surface area (Å²) in [4.78, 5) is 19.2. The molecule has 9 heteroatoms. The average Bonchev–Trinajstić information content (AvgIpc) is 2.94. The smallest absolute Gasteiger partial charge is 0.323 e. The van der Waals surface area contributed by atoms with Crippen molar-refractivity contribution in [1.29, 1.82) is 0 Å². The fourth-order valence-corrected chi connectivity index (χ4v) is 3.86. The van der Waals surface area contributed by atoms with Crippen LogP contribution >= 0.6 is 35.0 Å². The van der Waals surface area contributed by atoms with E-state index in [0.717, 1.165) is 23.9 Å². The summed E-state index contributed by atoms with van der Waals surface area (Å²) >= 11 is 13.1. The summed E-state index contributed by atoms with van der Waals surface area (Å²) in [5, 5.41) is 0.187. The SMILES string of the molecule is COC(=O)C(Sc1nc2cc(F)c(F)cc2[nH]1)c1ccc(Cl)cc1Cl. The van der Waals surface area contributed by atoms with Gasteiger partial charge in [-0.15, -0.1) is 0 Å². The molecule has 0 spiro atoms. The van der Waals surface area contributed by atoms with Crippen molar-refractivity contribution in [2.75, 3.05) is 7.11 Å². The van der Waals surface area contributed by atoms with Crippen LogP contribution < -0.4 is 0 Å². The molecule has 1 heterocycles. The van der Waals surface area contributed by atoms with E-state index in [-0.39, 0.29) is 5.52 Å². The lowest BCUT2D eigenvalue weighted by molar-refractivity contribution is -0.140.